The smallest absolute Gasteiger partial charge is 0.273 e. The molecule has 0 N–H and O–H groups in total. The monoisotopic (exact) mass is 314 g/mol. The molecule has 1 amide bonds. The molecule has 1 fully saturated rings. The Kier molecular flexibility index (Phi) is 2.97. The van der Waals surface area contributed by atoms with Crippen LogP contribution in [0.5, 0.6) is 0 Å². The Morgan fingerprint density at radius 1 is 1.41 bits per heavy atom. The van der Waals surface area contributed by atoms with E-state index < -0.39 is 0 Å². The molecule has 1 spiro atoms. The van der Waals surface area contributed by atoms with E-state index in [-0.39, 0.29) is 11.3 Å². The molecule has 5 nitrogen and oxygen atoms in total. The maximum absolute atomic E-state index is 12.6. The van der Waals surface area contributed by atoms with Crippen LogP contribution in [0.25, 0.3) is 0 Å². The van der Waals surface area contributed by atoms with Crippen LogP contribution in [0.2, 0.25) is 0 Å². The number of thiazole rings is 1. The summed E-state index contributed by atoms with van der Waals surface area (Å²) < 4.78 is 0. The van der Waals surface area contributed by atoms with Crippen LogP contribution in [0.15, 0.2) is 23.7 Å². The van der Waals surface area contributed by atoms with Gasteiger partial charge in [0.1, 0.15) is 5.69 Å². The number of nitrogens with zero attached hydrogens (tertiary/aromatic N) is 4. The number of hydrogen-bond donors (Lipinski definition) is 0. The quantitative estimate of drug-likeness (QED) is 0.808. The van der Waals surface area contributed by atoms with Gasteiger partial charge in [-0.15, -0.1) is 11.3 Å². The fourth-order valence-electron chi connectivity index (χ4n) is 3.72. The molecule has 6 heteroatoms. The number of likely N-dealkylation sites (N-methyl/N-ethyl adjacent to an activating group) is 1. The second-order valence-electron chi connectivity index (χ2n) is 6.24. The van der Waals surface area contributed by atoms with Crippen molar-refractivity contribution in [3.05, 3.63) is 40.1 Å². The number of aryl methyl sites for hydroxylation is 1. The van der Waals surface area contributed by atoms with Gasteiger partial charge in [-0.1, -0.05) is 0 Å². The van der Waals surface area contributed by atoms with E-state index >= 15 is 0 Å². The molecule has 0 bridgehead atoms. The Bertz CT molecular complexity index is 743. The molecule has 4 rings (SSSR count). The third-order valence-corrected chi connectivity index (χ3v) is 5.49. The summed E-state index contributed by atoms with van der Waals surface area (Å²) >= 11 is 1.53. The van der Waals surface area contributed by atoms with Crippen LogP contribution >= 0.6 is 11.3 Å². The lowest BCUT2D eigenvalue weighted by molar-refractivity contribution is 0.0779. The highest BCUT2D eigenvalue weighted by Gasteiger charge is 2.48. The molecule has 4 heterocycles. The van der Waals surface area contributed by atoms with Crippen molar-refractivity contribution in [1.82, 2.24) is 14.9 Å². The Morgan fingerprint density at radius 2 is 2.27 bits per heavy atom. The molecular weight excluding hydrogens is 296 g/mol. The lowest BCUT2D eigenvalue weighted by Crippen LogP contribution is -2.37. The summed E-state index contributed by atoms with van der Waals surface area (Å²) in [7, 11) is 2.10. The average molecular weight is 314 g/mol. The maximum Gasteiger partial charge on any atom is 0.273 e. The first-order chi connectivity index (χ1) is 10.6. The minimum absolute atomic E-state index is 0.0218. The molecule has 22 heavy (non-hydrogen) atoms. The largest absolute Gasteiger partial charge is 0.372 e. The van der Waals surface area contributed by atoms with Crippen LogP contribution in [-0.2, 0) is 5.41 Å². The Balaban J connectivity index is 1.62. The number of aromatic nitrogens is 2. The lowest BCUT2D eigenvalue weighted by atomic mass is 9.85. The average Bonchev–Trinajstić information content (AvgIpc) is 3.20. The van der Waals surface area contributed by atoms with Crippen LogP contribution in [0.3, 0.4) is 0 Å². The molecule has 2 aromatic heterocycles. The summed E-state index contributed by atoms with van der Waals surface area (Å²) in [5.41, 5.74) is 2.89. The normalized spacial score (nSPS) is 23.4. The number of pyridine rings is 1. The summed E-state index contributed by atoms with van der Waals surface area (Å²) in [5, 5.41) is 2.79. The van der Waals surface area contributed by atoms with E-state index in [9.17, 15) is 4.79 Å². The van der Waals surface area contributed by atoms with Gasteiger partial charge in [-0.2, -0.15) is 0 Å². The van der Waals surface area contributed by atoms with Gasteiger partial charge in [-0.3, -0.25) is 9.78 Å². The van der Waals surface area contributed by atoms with Crippen molar-refractivity contribution >= 4 is 22.9 Å². The number of anilines is 1. The predicted octanol–water partition coefficient (Wildman–Crippen LogP) is 2.08. The molecule has 0 unspecified atom stereocenters. The second kappa shape index (κ2) is 4.78. The zero-order chi connectivity index (χ0) is 15.3. The third-order valence-electron chi connectivity index (χ3n) is 4.72. The number of carbonyl (C=O) groups is 1. The van der Waals surface area contributed by atoms with Crippen LogP contribution < -0.4 is 4.90 Å². The highest BCUT2D eigenvalue weighted by Crippen LogP contribution is 2.44. The highest BCUT2D eigenvalue weighted by atomic mass is 32.1. The molecular formula is C16H18N4OS. The van der Waals surface area contributed by atoms with Crippen molar-refractivity contribution in [2.45, 2.75) is 18.8 Å². The molecule has 0 saturated carbocycles. The van der Waals surface area contributed by atoms with Gasteiger partial charge in [0.15, 0.2) is 0 Å². The van der Waals surface area contributed by atoms with Crippen LogP contribution in [-0.4, -0.2) is 47.5 Å². The van der Waals surface area contributed by atoms with Gasteiger partial charge >= 0.3 is 0 Å². The fourth-order valence-corrected chi connectivity index (χ4v) is 4.31. The maximum atomic E-state index is 12.6. The standard InChI is InChI=1S/C16H18N4OS/c1-11-18-12(8-22-11)15(21)20-7-5-16(10-20)9-19(2)13-4-3-6-17-14(13)16/h3-4,6,8H,5,7,9-10H2,1-2H3/t16-/m1/s1. The summed E-state index contributed by atoms with van der Waals surface area (Å²) in [4.78, 5) is 25.8. The predicted molar refractivity (Wildman–Crippen MR) is 86.6 cm³/mol. The summed E-state index contributed by atoms with van der Waals surface area (Å²) in [6.07, 6.45) is 2.82. The van der Waals surface area contributed by atoms with Gasteiger partial charge < -0.3 is 9.80 Å². The SMILES string of the molecule is Cc1nc(C(=O)N2CC[C@]3(C2)CN(C)c2cccnc23)cs1. The molecule has 2 aromatic rings. The minimum Gasteiger partial charge on any atom is -0.372 e. The number of hydrogen-bond acceptors (Lipinski definition) is 5. The van der Waals surface area contributed by atoms with Gasteiger partial charge in [0.2, 0.25) is 0 Å². The first-order valence-electron chi connectivity index (χ1n) is 7.47. The minimum atomic E-state index is -0.0218. The zero-order valence-corrected chi connectivity index (χ0v) is 13.6. The van der Waals surface area contributed by atoms with Gasteiger partial charge in [-0.05, 0) is 25.5 Å². The molecule has 1 saturated heterocycles. The summed E-state index contributed by atoms with van der Waals surface area (Å²) in [5.74, 6) is 0.0493. The van der Waals surface area contributed by atoms with E-state index in [1.807, 2.05) is 29.5 Å². The van der Waals surface area contributed by atoms with Gasteiger partial charge in [-0.25, -0.2) is 4.98 Å². The van der Waals surface area contributed by atoms with E-state index in [1.54, 1.807) is 0 Å². The van der Waals surface area contributed by atoms with Gasteiger partial charge in [0.05, 0.1) is 21.8 Å². The third kappa shape index (κ3) is 1.94. The fraction of sp³-hybridized carbons (Fsp3) is 0.438. The van der Waals surface area contributed by atoms with Crippen molar-refractivity contribution in [2.75, 3.05) is 31.6 Å². The van der Waals surface area contributed by atoms with Crippen molar-refractivity contribution in [3.8, 4) is 0 Å². The number of fused-ring (bicyclic) bond motifs is 2. The second-order valence-corrected chi connectivity index (χ2v) is 7.30. The Labute approximate surface area is 133 Å². The summed E-state index contributed by atoms with van der Waals surface area (Å²) in [6.45, 7) is 4.37. The van der Waals surface area contributed by atoms with E-state index in [0.29, 0.717) is 5.69 Å². The summed E-state index contributed by atoms with van der Waals surface area (Å²) in [6, 6.07) is 4.09. The van der Waals surface area contributed by atoms with Crippen LogP contribution in [0.4, 0.5) is 5.69 Å². The molecule has 2 aliphatic rings. The van der Waals surface area contributed by atoms with E-state index in [4.69, 9.17) is 0 Å². The highest BCUT2D eigenvalue weighted by molar-refractivity contribution is 7.09. The molecule has 0 radical (unpaired) electrons. The molecule has 2 aliphatic heterocycles. The number of rotatable bonds is 1. The Morgan fingerprint density at radius 3 is 3.05 bits per heavy atom. The van der Waals surface area contributed by atoms with E-state index in [2.05, 4.69) is 28.0 Å². The molecule has 0 aromatic carbocycles. The van der Waals surface area contributed by atoms with E-state index in [1.165, 1.54) is 17.0 Å². The van der Waals surface area contributed by atoms with Crippen molar-refractivity contribution in [1.29, 1.82) is 0 Å². The lowest BCUT2D eigenvalue weighted by Gasteiger charge is -2.24. The topological polar surface area (TPSA) is 49.3 Å². The van der Waals surface area contributed by atoms with Crippen molar-refractivity contribution < 1.29 is 4.79 Å². The number of likely N-dealkylation sites (tertiary alicyclic amines) is 1. The number of amides is 1. The molecule has 0 aliphatic carbocycles. The molecule has 1 atom stereocenters. The molecule has 114 valence electrons. The van der Waals surface area contributed by atoms with Crippen LogP contribution in [0, 0.1) is 6.92 Å². The first kappa shape index (κ1) is 13.7. The van der Waals surface area contributed by atoms with Crippen LogP contribution in [0.1, 0.15) is 27.6 Å². The van der Waals surface area contributed by atoms with Gasteiger partial charge in [0, 0.05) is 38.3 Å². The van der Waals surface area contributed by atoms with Gasteiger partial charge in [0.25, 0.3) is 5.91 Å². The number of carbonyl (C=O) groups excluding carboxylic acids is 1. The van der Waals surface area contributed by atoms with Crippen molar-refractivity contribution in [3.63, 3.8) is 0 Å². The Hall–Kier alpha value is -1.95. The van der Waals surface area contributed by atoms with E-state index in [0.717, 1.165) is 36.8 Å². The van der Waals surface area contributed by atoms with Crippen molar-refractivity contribution in [2.24, 2.45) is 0 Å². The first-order valence-corrected chi connectivity index (χ1v) is 8.35. The zero-order valence-electron chi connectivity index (χ0n) is 12.7.